The molecule has 0 saturated carbocycles. The first-order chi connectivity index (χ1) is 16.0. The molecule has 4 rings (SSSR count). The van der Waals surface area contributed by atoms with Crippen molar-refractivity contribution in [3.8, 4) is 0 Å². The van der Waals surface area contributed by atoms with Crippen LogP contribution in [0.3, 0.4) is 0 Å². The van der Waals surface area contributed by atoms with Gasteiger partial charge in [-0.05, 0) is 66.6 Å². The number of nitrogens with one attached hydrogen (secondary N) is 1. The van der Waals surface area contributed by atoms with Gasteiger partial charge in [0.15, 0.2) is 0 Å². The van der Waals surface area contributed by atoms with Crippen molar-refractivity contribution in [3.05, 3.63) is 88.1 Å². The Morgan fingerprint density at radius 2 is 1.91 bits per heavy atom. The fourth-order valence-corrected chi connectivity index (χ4v) is 3.97. The van der Waals surface area contributed by atoms with Crippen molar-refractivity contribution in [1.82, 2.24) is 19.7 Å². The number of amides is 1. The molecule has 1 aromatic carbocycles. The second-order valence-corrected chi connectivity index (χ2v) is 8.78. The minimum Gasteiger partial charge on any atom is -0.352 e. The summed E-state index contributed by atoms with van der Waals surface area (Å²) in [5.74, 6) is 0.150. The number of hydrogen-bond donors (Lipinski definition) is 1. The van der Waals surface area contributed by atoms with E-state index in [1.54, 1.807) is 24.5 Å². The van der Waals surface area contributed by atoms with Crippen molar-refractivity contribution in [2.24, 2.45) is 0 Å². The van der Waals surface area contributed by atoms with Crippen molar-refractivity contribution in [2.45, 2.75) is 51.9 Å². The van der Waals surface area contributed by atoms with Crippen molar-refractivity contribution in [1.29, 1.82) is 0 Å². The fraction of sp³-hybridized carbons (Fsp3) is 0.333. The number of hydrogen-bond acceptors (Lipinski definition) is 4. The van der Waals surface area contributed by atoms with Crippen LogP contribution in [0.5, 0.6) is 0 Å². The first-order valence-corrected chi connectivity index (χ1v) is 11.7. The van der Waals surface area contributed by atoms with Gasteiger partial charge in [0.2, 0.25) is 0 Å². The molecule has 0 atom stereocenters. The fourth-order valence-electron chi connectivity index (χ4n) is 3.97. The zero-order valence-electron chi connectivity index (χ0n) is 19.3. The Morgan fingerprint density at radius 3 is 2.70 bits per heavy atom. The Labute approximate surface area is 193 Å². The number of fused-ring (bicyclic) bond motifs is 2. The number of unbranched alkanes of at least 4 members (excludes halogenated alkanes) is 3. The lowest BCUT2D eigenvalue weighted by Crippen LogP contribution is -2.25. The summed E-state index contributed by atoms with van der Waals surface area (Å²) in [6, 6.07) is 13.3. The molecule has 0 aliphatic rings. The summed E-state index contributed by atoms with van der Waals surface area (Å²) in [6.07, 6.45) is 10.6. The summed E-state index contributed by atoms with van der Waals surface area (Å²) in [6.45, 7) is 4.80. The van der Waals surface area contributed by atoms with E-state index in [0.717, 1.165) is 37.7 Å². The van der Waals surface area contributed by atoms with Crippen molar-refractivity contribution in [2.75, 3.05) is 6.54 Å². The van der Waals surface area contributed by atoms with Crippen molar-refractivity contribution in [3.63, 3.8) is 0 Å². The van der Waals surface area contributed by atoms with Crippen LogP contribution in [-0.2, 0) is 6.42 Å². The molecule has 1 N–H and O–H groups in total. The molecular weight excluding hydrogens is 412 g/mol. The smallest absolute Gasteiger partial charge is 0.265 e. The molecule has 1 amide bonds. The van der Waals surface area contributed by atoms with Crippen LogP contribution in [0.4, 0.5) is 0 Å². The van der Waals surface area contributed by atoms with Gasteiger partial charge in [-0.2, -0.15) is 0 Å². The number of pyridine rings is 2. The number of rotatable bonds is 9. The van der Waals surface area contributed by atoms with Crippen LogP contribution in [-0.4, -0.2) is 26.8 Å². The van der Waals surface area contributed by atoms with E-state index >= 15 is 0 Å². The monoisotopic (exact) mass is 442 g/mol. The zero-order valence-corrected chi connectivity index (χ0v) is 19.3. The quantitative estimate of drug-likeness (QED) is 0.295. The Kier molecular flexibility index (Phi) is 7.13. The largest absolute Gasteiger partial charge is 0.352 e. The molecule has 170 valence electrons. The maximum Gasteiger partial charge on any atom is 0.265 e. The third-order valence-corrected chi connectivity index (χ3v) is 5.96. The van der Waals surface area contributed by atoms with E-state index in [9.17, 15) is 9.59 Å². The molecule has 4 aromatic rings. The van der Waals surface area contributed by atoms with E-state index in [0.29, 0.717) is 34.6 Å². The Hall–Kier alpha value is -3.54. The second-order valence-electron chi connectivity index (χ2n) is 8.78. The van der Waals surface area contributed by atoms with Crippen LogP contribution in [0.2, 0.25) is 0 Å². The highest BCUT2D eigenvalue weighted by molar-refractivity contribution is 5.94. The van der Waals surface area contributed by atoms with E-state index < -0.39 is 0 Å². The zero-order chi connectivity index (χ0) is 23.2. The molecule has 0 spiro atoms. The number of benzene rings is 1. The molecule has 3 heterocycles. The Balaban J connectivity index is 1.35. The lowest BCUT2D eigenvalue weighted by molar-refractivity contribution is 0.0952. The van der Waals surface area contributed by atoms with E-state index in [-0.39, 0.29) is 11.5 Å². The van der Waals surface area contributed by atoms with Crippen LogP contribution in [0, 0.1) is 0 Å². The SMILES string of the molecule is CC(C)c1ccc2nc3ccc(C(=O)NCCCCCCc4cccnc4)cn3c(=O)c2c1. The summed E-state index contributed by atoms with van der Waals surface area (Å²) in [7, 11) is 0. The average Bonchev–Trinajstić information content (AvgIpc) is 2.83. The van der Waals surface area contributed by atoms with Gasteiger partial charge >= 0.3 is 0 Å². The Morgan fingerprint density at radius 1 is 1.06 bits per heavy atom. The molecule has 0 aliphatic heterocycles. The first-order valence-electron chi connectivity index (χ1n) is 11.7. The molecule has 0 saturated heterocycles. The molecule has 0 unspecified atom stereocenters. The van der Waals surface area contributed by atoms with Gasteiger partial charge in [0, 0.05) is 25.1 Å². The van der Waals surface area contributed by atoms with Crippen LogP contribution in [0.25, 0.3) is 16.6 Å². The predicted octanol–water partition coefficient (Wildman–Crippen LogP) is 4.90. The van der Waals surface area contributed by atoms with Crippen molar-refractivity contribution >= 4 is 22.5 Å². The van der Waals surface area contributed by atoms with Gasteiger partial charge in [0.25, 0.3) is 11.5 Å². The lowest BCUT2D eigenvalue weighted by atomic mass is 10.0. The topological polar surface area (TPSA) is 76.4 Å². The molecular formula is C27H30N4O2. The number of nitrogens with zero attached hydrogens (tertiary/aromatic N) is 3. The maximum absolute atomic E-state index is 13.1. The number of aromatic nitrogens is 3. The molecule has 6 heteroatoms. The van der Waals surface area contributed by atoms with Crippen LogP contribution in [0.1, 0.15) is 66.9 Å². The summed E-state index contributed by atoms with van der Waals surface area (Å²) in [4.78, 5) is 34.4. The van der Waals surface area contributed by atoms with Gasteiger partial charge in [0.1, 0.15) is 5.65 Å². The predicted molar refractivity (Wildman–Crippen MR) is 132 cm³/mol. The van der Waals surface area contributed by atoms with Gasteiger partial charge in [-0.3, -0.25) is 19.0 Å². The van der Waals surface area contributed by atoms with Gasteiger partial charge < -0.3 is 5.32 Å². The van der Waals surface area contributed by atoms with Crippen molar-refractivity contribution < 1.29 is 4.79 Å². The molecule has 6 nitrogen and oxygen atoms in total. The van der Waals surface area contributed by atoms with Crippen LogP contribution in [0.15, 0.2) is 65.8 Å². The van der Waals surface area contributed by atoms with E-state index in [1.807, 2.05) is 30.5 Å². The Bertz CT molecular complexity index is 1310. The summed E-state index contributed by atoms with van der Waals surface area (Å²) >= 11 is 0. The highest BCUT2D eigenvalue weighted by atomic mass is 16.1. The van der Waals surface area contributed by atoms with E-state index in [1.165, 1.54) is 9.96 Å². The molecule has 33 heavy (non-hydrogen) atoms. The summed E-state index contributed by atoms with van der Waals surface area (Å²) < 4.78 is 1.47. The van der Waals surface area contributed by atoms with Crippen LogP contribution < -0.4 is 10.9 Å². The van der Waals surface area contributed by atoms with Gasteiger partial charge in [-0.25, -0.2) is 4.98 Å². The second kappa shape index (κ2) is 10.4. The lowest BCUT2D eigenvalue weighted by Gasteiger charge is -2.09. The summed E-state index contributed by atoms with van der Waals surface area (Å²) in [5, 5.41) is 3.54. The standard InChI is InChI=1S/C27H30N4O2/c1-19(2)21-10-12-24-23(16-21)27(33)31-18-22(11-13-25(31)30-24)26(32)29-15-6-4-3-5-8-20-9-7-14-28-17-20/h7,9-14,16-19H,3-6,8,15H2,1-2H3,(H,29,32). The molecule has 0 fully saturated rings. The van der Waals surface area contributed by atoms with Crippen LogP contribution >= 0.6 is 0 Å². The highest BCUT2D eigenvalue weighted by Gasteiger charge is 2.11. The number of aryl methyl sites for hydroxylation is 1. The van der Waals surface area contributed by atoms with Gasteiger partial charge in [0.05, 0.1) is 16.5 Å². The minimum absolute atomic E-state index is 0.152. The normalized spacial score (nSPS) is 11.4. The summed E-state index contributed by atoms with van der Waals surface area (Å²) in [5.41, 5.74) is 3.87. The highest BCUT2D eigenvalue weighted by Crippen LogP contribution is 2.19. The molecule has 0 aliphatic carbocycles. The third-order valence-electron chi connectivity index (χ3n) is 5.96. The third kappa shape index (κ3) is 5.45. The molecule has 0 bridgehead atoms. The van der Waals surface area contributed by atoms with E-state index in [2.05, 4.69) is 35.2 Å². The van der Waals surface area contributed by atoms with Gasteiger partial charge in [-0.1, -0.05) is 38.8 Å². The first kappa shape index (κ1) is 22.6. The maximum atomic E-state index is 13.1. The number of carbonyl (C=O) groups is 1. The molecule has 3 aromatic heterocycles. The average molecular weight is 443 g/mol. The van der Waals surface area contributed by atoms with E-state index in [4.69, 9.17) is 0 Å². The minimum atomic E-state index is -0.171. The van der Waals surface area contributed by atoms with Gasteiger partial charge in [-0.15, -0.1) is 0 Å². The number of carbonyl (C=O) groups excluding carboxylic acids is 1. The molecule has 0 radical (unpaired) electrons.